The maximum absolute atomic E-state index is 15.3. The molecule has 0 saturated heterocycles. The first-order valence-electron chi connectivity index (χ1n) is 9.78. The average Bonchev–Trinajstić information content (AvgIpc) is 2.77. The highest BCUT2D eigenvalue weighted by molar-refractivity contribution is 5.94. The topological polar surface area (TPSA) is 88.2 Å². The molecule has 0 aromatic heterocycles. The van der Waals surface area contributed by atoms with Gasteiger partial charge in [0, 0.05) is 24.3 Å². The number of amidine groups is 1. The van der Waals surface area contributed by atoms with Crippen LogP contribution in [0.1, 0.15) is 29.7 Å². The average molecular weight is 423 g/mol. The molecule has 0 fully saturated rings. The van der Waals surface area contributed by atoms with Gasteiger partial charge in [-0.05, 0) is 30.2 Å². The highest BCUT2D eigenvalue weighted by atomic mass is 19.1. The van der Waals surface area contributed by atoms with Gasteiger partial charge in [-0.1, -0.05) is 54.6 Å². The molecule has 0 aliphatic carbocycles. The van der Waals surface area contributed by atoms with Crippen LogP contribution in [0.5, 0.6) is 0 Å². The number of nitrogens with one attached hydrogen (secondary N) is 2. The van der Waals surface area contributed by atoms with Crippen LogP contribution in [0.4, 0.5) is 8.78 Å². The zero-order valence-corrected chi connectivity index (χ0v) is 17.0. The lowest BCUT2D eigenvalue weighted by atomic mass is 9.98. The maximum atomic E-state index is 15.3. The number of halogens is 2. The SMILES string of the molecule is CCO[C@H](C(=O)NCc1ccc(C(=N)N)cc1)c1c(F)ccc(-c2ccccc2)c1F. The van der Waals surface area contributed by atoms with Gasteiger partial charge in [-0.2, -0.15) is 0 Å². The molecule has 5 nitrogen and oxygen atoms in total. The van der Waals surface area contributed by atoms with E-state index in [2.05, 4.69) is 5.32 Å². The summed E-state index contributed by atoms with van der Waals surface area (Å²) in [5, 5.41) is 10.1. The van der Waals surface area contributed by atoms with E-state index in [1.54, 1.807) is 61.5 Å². The molecule has 3 aromatic rings. The molecule has 0 spiro atoms. The van der Waals surface area contributed by atoms with E-state index in [4.69, 9.17) is 15.9 Å². The standard InChI is InChI=1S/C24H23F2N3O2/c1-2-31-22(24(30)29-14-15-8-10-17(11-9-15)23(27)28)20-19(25)13-12-18(21(20)26)16-6-4-3-5-7-16/h3-13,22H,2,14H2,1H3,(H3,27,28)(H,29,30)/t22-/m0/s1. The molecule has 4 N–H and O–H groups in total. The zero-order chi connectivity index (χ0) is 22.4. The molecule has 31 heavy (non-hydrogen) atoms. The molecule has 160 valence electrons. The number of hydrogen-bond donors (Lipinski definition) is 3. The minimum absolute atomic E-state index is 0.0590. The second kappa shape index (κ2) is 9.95. The van der Waals surface area contributed by atoms with Gasteiger partial charge in [0.1, 0.15) is 17.5 Å². The predicted octanol–water partition coefficient (Wildman–Crippen LogP) is 4.31. The molecule has 1 amide bonds. The van der Waals surface area contributed by atoms with Gasteiger partial charge in [0.2, 0.25) is 0 Å². The lowest BCUT2D eigenvalue weighted by Gasteiger charge is -2.20. The Labute approximate surface area is 179 Å². The van der Waals surface area contributed by atoms with Crippen LogP contribution in [0.25, 0.3) is 11.1 Å². The Balaban J connectivity index is 1.85. The van der Waals surface area contributed by atoms with Gasteiger partial charge in [-0.25, -0.2) is 8.78 Å². The zero-order valence-electron chi connectivity index (χ0n) is 17.0. The summed E-state index contributed by atoms with van der Waals surface area (Å²) in [7, 11) is 0. The van der Waals surface area contributed by atoms with Crippen LogP contribution in [0.15, 0.2) is 66.7 Å². The summed E-state index contributed by atoms with van der Waals surface area (Å²) in [5.41, 5.74) is 7.07. The van der Waals surface area contributed by atoms with Gasteiger partial charge < -0.3 is 15.8 Å². The van der Waals surface area contributed by atoms with Crippen LogP contribution in [-0.4, -0.2) is 18.3 Å². The Morgan fingerprint density at radius 3 is 2.35 bits per heavy atom. The van der Waals surface area contributed by atoms with E-state index in [9.17, 15) is 9.18 Å². The smallest absolute Gasteiger partial charge is 0.254 e. The van der Waals surface area contributed by atoms with Crippen molar-refractivity contribution in [2.75, 3.05) is 6.61 Å². The number of carbonyl (C=O) groups is 1. The summed E-state index contributed by atoms with van der Waals surface area (Å²) in [4.78, 5) is 12.8. The van der Waals surface area contributed by atoms with Crippen LogP contribution >= 0.6 is 0 Å². The first-order valence-corrected chi connectivity index (χ1v) is 9.78. The molecule has 7 heteroatoms. The van der Waals surface area contributed by atoms with E-state index in [1.807, 2.05) is 0 Å². The summed E-state index contributed by atoms with van der Waals surface area (Å²) in [6.45, 7) is 1.87. The van der Waals surface area contributed by atoms with Crippen molar-refractivity contribution in [3.8, 4) is 11.1 Å². The normalized spacial score (nSPS) is 11.7. The number of nitrogen functional groups attached to an aromatic ring is 1. The van der Waals surface area contributed by atoms with Crippen LogP contribution in [0.3, 0.4) is 0 Å². The van der Waals surface area contributed by atoms with Crippen molar-refractivity contribution in [2.45, 2.75) is 19.6 Å². The summed E-state index contributed by atoms with van der Waals surface area (Å²) < 4.78 is 35.4. The van der Waals surface area contributed by atoms with E-state index in [0.29, 0.717) is 11.1 Å². The van der Waals surface area contributed by atoms with Crippen molar-refractivity contribution in [3.05, 3.63) is 95.1 Å². The first-order chi connectivity index (χ1) is 14.9. The first kappa shape index (κ1) is 22.1. The number of nitrogens with two attached hydrogens (primary N) is 1. The van der Waals surface area contributed by atoms with Crippen LogP contribution in [-0.2, 0) is 16.1 Å². The van der Waals surface area contributed by atoms with Crippen LogP contribution in [0, 0.1) is 17.0 Å². The Bertz CT molecular complexity index is 1070. The summed E-state index contributed by atoms with van der Waals surface area (Å²) in [6.07, 6.45) is -1.44. The quantitative estimate of drug-likeness (QED) is 0.373. The number of ether oxygens (including phenoxy) is 1. The number of hydrogen-bond acceptors (Lipinski definition) is 3. The van der Waals surface area contributed by atoms with Crippen molar-refractivity contribution < 1.29 is 18.3 Å². The van der Waals surface area contributed by atoms with Crippen molar-refractivity contribution in [1.29, 1.82) is 5.41 Å². The lowest BCUT2D eigenvalue weighted by molar-refractivity contribution is -0.133. The maximum Gasteiger partial charge on any atom is 0.254 e. The molecular weight excluding hydrogens is 400 g/mol. The van der Waals surface area contributed by atoms with E-state index in [1.165, 1.54) is 6.07 Å². The van der Waals surface area contributed by atoms with Crippen molar-refractivity contribution in [2.24, 2.45) is 5.73 Å². The minimum atomic E-state index is -1.44. The molecule has 3 rings (SSSR count). The van der Waals surface area contributed by atoms with Crippen molar-refractivity contribution >= 4 is 11.7 Å². The summed E-state index contributed by atoms with van der Waals surface area (Å²) >= 11 is 0. The molecule has 0 saturated carbocycles. The van der Waals surface area contributed by atoms with Crippen LogP contribution in [0.2, 0.25) is 0 Å². The van der Waals surface area contributed by atoms with Gasteiger partial charge >= 0.3 is 0 Å². The van der Waals surface area contributed by atoms with Crippen molar-refractivity contribution in [1.82, 2.24) is 5.32 Å². The third kappa shape index (κ3) is 5.13. The van der Waals surface area contributed by atoms with Gasteiger partial charge in [0.15, 0.2) is 6.10 Å². The monoisotopic (exact) mass is 423 g/mol. The van der Waals surface area contributed by atoms with E-state index in [0.717, 1.165) is 11.6 Å². The third-order valence-corrected chi connectivity index (χ3v) is 4.78. The van der Waals surface area contributed by atoms with Gasteiger partial charge in [0.05, 0.1) is 5.56 Å². The lowest BCUT2D eigenvalue weighted by Crippen LogP contribution is -2.31. The number of benzene rings is 3. The fraction of sp³-hybridized carbons (Fsp3) is 0.167. The number of rotatable bonds is 8. The Hall–Kier alpha value is -3.58. The molecule has 0 bridgehead atoms. The second-order valence-corrected chi connectivity index (χ2v) is 6.85. The third-order valence-electron chi connectivity index (χ3n) is 4.78. The molecule has 0 aliphatic rings. The minimum Gasteiger partial charge on any atom is -0.384 e. The van der Waals surface area contributed by atoms with Crippen molar-refractivity contribution in [3.63, 3.8) is 0 Å². The van der Waals surface area contributed by atoms with Gasteiger partial charge in [-0.3, -0.25) is 10.2 Å². The molecule has 0 unspecified atom stereocenters. The predicted molar refractivity (Wildman–Crippen MR) is 115 cm³/mol. The number of carbonyl (C=O) groups excluding carboxylic acids is 1. The number of amides is 1. The van der Waals surface area contributed by atoms with Gasteiger partial charge in [0.25, 0.3) is 5.91 Å². The molecule has 0 aliphatic heterocycles. The van der Waals surface area contributed by atoms with E-state index >= 15 is 4.39 Å². The fourth-order valence-corrected chi connectivity index (χ4v) is 3.19. The fourth-order valence-electron chi connectivity index (χ4n) is 3.19. The Morgan fingerprint density at radius 2 is 1.74 bits per heavy atom. The Kier molecular flexibility index (Phi) is 7.10. The molecule has 3 aromatic carbocycles. The highest BCUT2D eigenvalue weighted by Crippen LogP contribution is 2.32. The van der Waals surface area contributed by atoms with E-state index < -0.39 is 29.2 Å². The molecule has 0 radical (unpaired) electrons. The largest absolute Gasteiger partial charge is 0.384 e. The highest BCUT2D eigenvalue weighted by Gasteiger charge is 2.29. The molecule has 0 heterocycles. The summed E-state index contributed by atoms with van der Waals surface area (Å²) in [5.74, 6) is -2.39. The summed E-state index contributed by atoms with van der Waals surface area (Å²) in [6, 6.07) is 17.9. The van der Waals surface area contributed by atoms with Gasteiger partial charge in [-0.15, -0.1) is 0 Å². The Morgan fingerprint density at radius 1 is 1.06 bits per heavy atom. The molecule has 1 atom stereocenters. The van der Waals surface area contributed by atoms with E-state index in [-0.39, 0.29) is 24.6 Å². The molecular formula is C24H23F2N3O2. The van der Waals surface area contributed by atoms with Crippen LogP contribution < -0.4 is 11.1 Å². The second-order valence-electron chi connectivity index (χ2n) is 6.85.